The Balaban J connectivity index is 1.56. The third-order valence-electron chi connectivity index (χ3n) is 4.23. The summed E-state index contributed by atoms with van der Waals surface area (Å²) in [4.78, 5) is 23.7. The Labute approximate surface area is 150 Å². The number of amides is 1. The molecule has 2 N–H and O–H groups in total. The Morgan fingerprint density at radius 2 is 1.92 bits per heavy atom. The molecule has 2 aromatic rings. The summed E-state index contributed by atoms with van der Waals surface area (Å²) in [5, 5.41) is 0.650. The normalized spacial score (nSPS) is 16.0. The average Bonchev–Trinajstić information content (AvgIpc) is 2.63. The standard InChI is InChI=1S/C17H19ClFN5O/c18-13-3-1-12(2-4-13)9-15(20)17(25)24-7-5-23(6-8-24)16-14(19)10-21-11-22-16/h1-4,10-11,15H,5-9,20H2. The van der Waals surface area contributed by atoms with Crippen LogP contribution in [0.2, 0.25) is 5.02 Å². The molecule has 8 heteroatoms. The van der Waals surface area contributed by atoms with Crippen LogP contribution in [0.25, 0.3) is 0 Å². The van der Waals surface area contributed by atoms with Gasteiger partial charge in [-0.3, -0.25) is 4.79 Å². The summed E-state index contributed by atoms with van der Waals surface area (Å²) in [6.45, 7) is 1.98. The van der Waals surface area contributed by atoms with Crippen molar-refractivity contribution < 1.29 is 9.18 Å². The maximum Gasteiger partial charge on any atom is 0.239 e. The molecule has 0 radical (unpaired) electrons. The number of benzene rings is 1. The average molecular weight is 364 g/mol. The molecule has 1 aromatic carbocycles. The molecule has 1 amide bonds. The molecule has 1 aromatic heterocycles. The van der Waals surface area contributed by atoms with Gasteiger partial charge in [0, 0.05) is 31.2 Å². The molecule has 1 saturated heterocycles. The highest BCUT2D eigenvalue weighted by molar-refractivity contribution is 6.30. The van der Waals surface area contributed by atoms with Gasteiger partial charge in [-0.25, -0.2) is 14.4 Å². The van der Waals surface area contributed by atoms with Gasteiger partial charge in [-0.15, -0.1) is 0 Å². The maximum absolute atomic E-state index is 13.8. The fourth-order valence-corrected chi connectivity index (χ4v) is 3.00. The molecule has 6 nitrogen and oxygen atoms in total. The molecule has 25 heavy (non-hydrogen) atoms. The van der Waals surface area contributed by atoms with Gasteiger partial charge in [0.05, 0.1) is 12.2 Å². The van der Waals surface area contributed by atoms with E-state index in [1.54, 1.807) is 17.0 Å². The van der Waals surface area contributed by atoms with E-state index < -0.39 is 11.9 Å². The SMILES string of the molecule is NC(Cc1ccc(Cl)cc1)C(=O)N1CCN(c2ncncc2F)CC1. The van der Waals surface area contributed by atoms with E-state index in [1.165, 1.54) is 6.33 Å². The highest BCUT2D eigenvalue weighted by atomic mass is 35.5. The molecule has 3 rings (SSSR count). The number of nitrogens with two attached hydrogens (primary N) is 1. The third-order valence-corrected chi connectivity index (χ3v) is 4.48. The Morgan fingerprint density at radius 1 is 1.24 bits per heavy atom. The minimum atomic E-state index is -0.608. The summed E-state index contributed by atoms with van der Waals surface area (Å²) in [6, 6.07) is 6.69. The minimum absolute atomic E-state index is 0.0993. The number of nitrogens with zero attached hydrogens (tertiary/aromatic N) is 4. The van der Waals surface area contributed by atoms with Crippen molar-refractivity contribution in [2.45, 2.75) is 12.5 Å². The molecule has 1 atom stereocenters. The fraction of sp³-hybridized carbons (Fsp3) is 0.353. The fourth-order valence-electron chi connectivity index (χ4n) is 2.87. The van der Waals surface area contributed by atoms with Crippen molar-refractivity contribution in [3.05, 3.63) is 53.2 Å². The Bertz CT molecular complexity index is 734. The van der Waals surface area contributed by atoms with Crippen molar-refractivity contribution >= 4 is 23.3 Å². The Hall–Kier alpha value is -2.25. The highest BCUT2D eigenvalue weighted by Gasteiger charge is 2.26. The second-order valence-electron chi connectivity index (χ2n) is 5.94. The van der Waals surface area contributed by atoms with E-state index in [-0.39, 0.29) is 11.7 Å². The lowest BCUT2D eigenvalue weighted by atomic mass is 10.1. The van der Waals surface area contributed by atoms with E-state index in [0.717, 1.165) is 11.8 Å². The second-order valence-corrected chi connectivity index (χ2v) is 6.38. The number of carbonyl (C=O) groups excluding carboxylic acids is 1. The number of aromatic nitrogens is 2. The molecule has 132 valence electrons. The zero-order chi connectivity index (χ0) is 17.8. The summed E-state index contributed by atoms with van der Waals surface area (Å²) in [5.74, 6) is -0.285. The summed E-state index contributed by atoms with van der Waals surface area (Å²) >= 11 is 5.86. The van der Waals surface area contributed by atoms with Gasteiger partial charge in [-0.2, -0.15) is 0 Å². The lowest BCUT2D eigenvalue weighted by Gasteiger charge is -2.36. The van der Waals surface area contributed by atoms with Crippen molar-refractivity contribution in [1.82, 2.24) is 14.9 Å². The molecule has 1 unspecified atom stereocenters. The first-order chi connectivity index (χ1) is 12.0. The number of hydrogen-bond acceptors (Lipinski definition) is 5. The summed E-state index contributed by atoms with van der Waals surface area (Å²) in [7, 11) is 0. The van der Waals surface area contributed by atoms with Crippen LogP contribution >= 0.6 is 11.6 Å². The van der Waals surface area contributed by atoms with Crippen LogP contribution in [0, 0.1) is 5.82 Å². The minimum Gasteiger partial charge on any atom is -0.351 e. The first-order valence-electron chi connectivity index (χ1n) is 8.04. The van der Waals surface area contributed by atoms with Crippen LogP contribution in [0.15, 0.2) is 36.8 Å². The van der Waals surface area contributed by atoms with Gasteiger partial charge in [0.1, 0.15) is 6.33 Å². The number of halogens is 2. The first-order valence-corrected chi connectivity index (χ1v) is 8.41. The summed E-state index contributed by atoms with van der Waals surface area (Å²) < 4.78 is 13.8. The molecule has 1 aliphatic heterocycles. The zero-order valence-corrected chi connectivity index (χ0v) is 14.4. The Kier molecular flexibility index (Phi) is 5.45. The van der Waals surface area contributed by atoms with Crippen LogP contribution in [0.1, 0.15) is 5.56 Å². The van der Waals surface area contributed by atoms with Gasteiger partial charge in [0.15, 0.2) is 11.6 Å². The number of anilines is 1. The number of hydrogen-bond donors (Lipinski definition) is 1. The first kappa shape index (κ1) is 17.6. The third kappa shape index (κ3) is 4.24. The molecule has 1 fully saturated rings. The molecular weight excluding hydrogens is 345 g/mol. The van der Waals surface area contributed by atoms with Crippen LogP contribution in [-0.4, -0.2) is 53.0 Å². The molecule has 0 bridgehead atoms. The van der Waals surface area contributed by atoms with Gasteiger partial charge in [0.25, 0.3) is 0 Å². The van der Waals surface area contributed by atoms with E-state index in [2.05, 4.69) is 9.97 Å². The van der Waals surface area contributed by atoms with Gasteiger partial charge >= 0.3 is 0 Å². The molecule has 0 saturated carbocycles. The number of piperazine rings is 1. The van der Waals surface area contributed by atoms with E-state index in [9.17, 15) is 9.18 Å². The van der Waals surface area contributed by atoms with Gasteiger partial charge < -0.3 is 15.5 Å². The van der Waals surface area contributed by atoms with E-state index in [1.807, 2.05) is 17.0 Å². The topological polar surface area (TPSA) is 75.4 Å². The van der Waals surface area contributed by atoms with Gasteiger partial charge in [-0.1, -0.05) is 23.7 Å². The van der Waals surface area contributed by atoms with Crippen LogP contribution in [-0.2, 0) is 11.2 Å². The molecular formula is C17H19ClFN5O. The predicted octanol–water partition coefficient (Wildman–Crippen LogP) is 1.49. The lowest BCUT2D eigenvalue weighted by molar-refractivity contribution is -0.132. The van der Waals surface area contributed by atoms with E-state index >= 15 is 0 Å². The van der Waals surface area contributed by atoms with Crippen molar-refractivity contribution in [2.24, 2.45) is 5.73 Å². The molecule has 0 spiro atoms. The quantitative estimate of drug-likeness (QED) is 0.890. The predicted molar refractivity (Wildman–Crippen MR) is 93.9 cm³/mol. The van der Waals surface area contributed by atoms with Gasteiger partial charge in [0.2, 0.25) is 5.91 Å². The van der Waals surface area contributed by atoms with Crippen molar-refractivity contribution in [3.8, 4) is 0 Å². The smallest absolute Gasteiger partial charge is 0.239 e. The van der Waals surface area contributed by atoms with Gasteiger partial charge in [-0.05, 0) is 24.1 Å². The van der Waals surface area contributed by atoms with Crippen LogP contribution in [0.4, 0.5) is 10.2 Å². The van der Waals surface area contributed by atoms with E-state index in [0.29, 0.717) is 37.6 Å². The largest absolute Gasteiger partial charge is 0.351 e. The lowest BCUT2D eigenvalue weighted by Crippen LogP contribution is -2.54. The molecule has 1 aliphatic rings. The van der Waals surface area contributed by atoms with Crippen LogP contribution in [0.5, 0.6) is 0 Å². The van der Waals surface area contributed by atoms with Crippen molar-refractivity contribution in [3.63, 3.8) is 0 Å². The second kappa shape index (κ2) is 7.76. The maximum atomic E-state index is 13.8. The van der Waals surface area contributed by atoms with E-state index in [4.69, 9.17) is 17.3 Å². The number of carbonyl (C=O) groups is 1. The summed E-state index contributed by atoms with van der Waals surface area (Å²) in [6.07, 6.45) is 2.91. The van der Waals surface area contributed by atoms with Crippen LogP contribution < -0.4 is 10.6 Å². The Morgan fingerprint density at radius 3 is 2.56 bits per heavy atom. The van der Waals surface area contributed by atoms with Crippen molar-refractivity contribution in [2.75, 3.05) is 31.1 Å². The highest BCUT2D eigenvalue weighted by Crippen LogP contribution is 2.17. The molecule has 0 aliphatic carbocycles. The summed E-state index contributed by atoms with van der Waals surface area (Å²) in [5.41, 5.74) is 7.03. The zero-order valence-electron chi connectivity index (χ0n) is 13.6. The van der Waals surface area contributed by atoms with Crippen molar-refractivity contribution in [1.29, 1.82) is 0 Å². The molecule has 2 heterocycles. The van der Waals surface area contributed by atoms with Crippen LogP contribution in [0.3, 0.4) is 0 Å². The number of rotatable bonds is 4. The monoisotopic (exact) mass is 363 g/mol.